The lowest BCUT2D eigenvalue weighted by Crippen LogP contribution is -2.36. The van der Waals surface area contributed by atoms with Gasteiger partial charge in [0.15, 0.2) is 0 Å². The van der Waals surface area contributed by atoms with Crippen LogP contribution in [0.1, 0.15) is 31.0 Å². The Labute approximate surface area is 119 Å². The Morgan fingerprint density at radius 1 is 1.40 bits per heavy atom. The van der Waals surface area contributed by atoms with Crippen LogP contribution in [0.25, 0.3) is 0 Å². The number of likely N-dealkylation sites (N-methyl/N-ethyl adjacent to an activating group) is 1. The third kappa shape index (κ3) is 4.58. The van der Waals surface area contributed by atoms with Crippen molar-refractivity contribution in [2.75, 3.05) is 26.2 Å². The molecule has 2 N–H and O–H groups in total. The van der Waals surface area contributed by atoms with E-state index >= 15 is 0 Å². The lowest BCUT2D eigenvalue weighted by Gasteiger charge is -2.21. The van der Waals surface area contributed by atoms with Crippen molar-refractivity contribution in [1.29, 1.82) is 0 Å². The maximum atomic E-state index is 13.2. The highest BCUT2D eigenvalue weighted by molar-refractivity contribution is 5.75. The molecule has 0 spiro atoms. The van der Waals surface area contributed by atoms with Crippen LogP contribution in [0.2, 0.25) is 0 Å². The number of rotatable bonds is 8. The Hall–Kier alpha value is -1.46. The molecular formula is C15H23FN2O2. The van der Waals surface area contributed by atoms with Gasteiger partial charge in [0.1, 0.15) is 11.9 Å². The van der Waals surface area contributed by atoms with Gasteiger partial charge >= 0.3 is 5.97 Å². The van der Waals surface area contributed by atoms with Crippen LogP contribution in [0.5, 0.6) is 0 Å². The van der Waals surface area contributed by atoms with Crippen molar-refractivity contribution in [3.05, 3.63) is 35.1 Å². The van der Waals surface area contributed by atoms with Crippen LogP contribution in [0.15, 0.2) is 18.2 Å². The minimum absolute atomic E-state index is 0.318. The summed E-state index contributed by atoms with van der Waals surface area (Å²) in [6.45, 7) is 9.01. The number of nitrogens with zero attached hydrogens (tertiary/aromatic N) is 1. The van der Waals surface area contributed by atoms with Gasteiger partial charge in [-0.25, -0.2) is 4.39 Å². The van der Waals surface area contributed by atoms with E-state index < -0.39 is 12.0 Å². The second-order valence-corrected chi connectivity index (χ2v) is 4.76. The normalized spacial score (nSPS) is 12.7. The minimum atomic E-state index is -0.949. The number of hydrogen-bond donors (Lipinski definition) is 2. The third-order valence-electron chi connectivity index (χ3n) is 3.43. The van der Waals surface area contributed by atoms with E-state index in [4.69, 9.17) is 0 Å². The Kier molecular flexibility index (Phi) is 6.61. The summed E-state index contributed by atoms with van der Waals surface area (Å²) in [5, 5.41) is 12.3. The van der Waals surface area contributed by atoms with Crippen LogP contribution in [-0.4, -0.2) is 42.2 Å². The van der Waals surface area contributed by atoms with Gasteiger partial charge in [0, 0.05) is 13.1 Å². The molecular weight excluding hydrogens is 259 g/mol. The summed E-state index contributed by atoms with van der Waals surface area (Å²) in [6.07, 6.45) is 0. The molecule has 1 aromatic carbocycles. The average Bonchev–Trinajstić information content (AvgIpc) is 2.42. The standard InChI is InChI=1S/C15H23FN2O2/c1-4-18(5-2)9-8-17-14(15(19)20)12-6-7-13(16)11(3)10-12/h6-7,10,14,17H,4-5,8-9H2,1-3H3,(H,19,20). The minimum Gasteiger partial charge on any atom is -0.480 e. The van der Waals surface area contributed by atoms with Gasteiger partial charge in [0.25, 0.3) is 0 Å². The second-order valence-electron chi connectivity index (χ2n) is 4.76. The maximum Gasteiger partial charge on any atom is 0.325 e. The van der Waals surface area contributed by atoms with Crippen molar-refractivity contribution in [2.24, 2.45) is 0 Å². The maximum absolute atomic E-state index is 13.2. The van der Waals surface area contributed by atoms with E-state index in [9.17, 15) is 14.3 Å². The summed E-state index contributed by atoms with van der Waals surface area (Å²) >= 11 is 0. The second kappa shape index (κ2) is 7.97. The van der Waals surface area contributed by atoms with Crippen LogP contribution in [0.4, 0.5) is 4.39 Å². The number of hydrogen-bond acceptors (Lipinski definition) is 3. The van der Waals surface area contributed by atoms with Gasteiger partial charge in [0.05, 0.1) is 0 Å². The van der Waals surface area contributed by atoms with Gasteiger partial charge in [-0.05, 0) is 37.2 Å². The first-order chi connectivity index (χ1) is 9.49. The molecule has 1 atom stereocenters. The van der Waals surface area contributed by atoms with E-state index in [-0.39, 0.29) is 5.82 Å². The van der Waals surface area contributed by atoms with Crippen molar-refractivity contribution in [3.8, 4) is 0 Å². The Bertz CT molecular complexity index is 447. The van der Waals surface area contributed by atoms with Gasteiger partial charge in [-0.1, -0.05) is 26.0 Å². The number of carboxylic acids is 1. The van der Waals surface area contributed by atoms with E-state index in [0.29, 0.717) is 17.7 Å². The highest BCUT2D eigenvalue weighted by Gasteiger charge is 2.19. The predicted molar refractivity (Wildman–Crippen MR) is 77.3 cm³/mol. The molecule has 0 heterocycles. The first-order valence-corrected chi connectivity index (χ1v) is 6.94. The molecule has 0 radical (unpaired) electrons. The van der Waals surface area contributed by atoms with E-state index in [1.165, 1.54) is 12.1 Å². The molecule has 4 nitrogen and oxygen atoms in total. The van der Waals surface area contributed by atoms with E-state index in [0.717, 1.165) is 19.6 Å². The molecule has 0 aromatic heterocycles. The fraction of sp³-hybridized carbons (Fsp3) is 0.533. The van der Waals surface area contributed by atoms with Crippen LogP contribution in [0.3, 0.4) is 0 Å². The zero-order valence-corrected chi connectivity index (χ0v) is 12.3. The number of carbonyl (C=O) groups is 1. The number of benzene rings is 1. The summed E-state index contributed by atoms with van der Waals surface area (Å²) in [7, 11) is 0. The molecule has 0 amide bonds. The first-order valence-electron chi connectivity index (χ1n) is 6.94. The molecule has 0 aliphatic rings. The Morgan fingerprint density at radius 2 is 2.05 bits per heavy atom. The topological polar surface area (TPSA) is 52.6 Å². The molecule has 0 aliphatic carbocycles. The first kappa shape index (κ1) is 16.6. The average molecular weight is 282 g/mol. The molecule has 0 saturated heterocycles. The Morgan fingerprint density at radius 3 is 2.55 bits per heavy atom. The Balaban J connectivity index is 2.69. The highest BCUT2D eigenvalue weighted by Crippen LogP contribution is 2.17. The van der Waals surface area contributed by atoms with E-state index in [1.54, 1.807) is 13.0 Å². The molecule has 1 aromatic rings. The summed E-state index contributed by atoms with van der Waals surface area (Å²) in [5.41, 5.74) is 1.04. The zero-order valence-electron chi connectivity index (χ0n) is 12.3. The van der Waals surface area contributed by atoms with Gasteiger partial charge in [-0.2, -0.15) is 0 Å². The fourth-order valence-corrected chi connectivity index (χ4v) is 2.10. The quantitative estimate of drug-likeness (QED) is 0.767. The molecule has 0 saturated carbocycles. The molecule has 0 bridgehead atoms. The summed E-state index contributed by atoms with van der Waals surface area (Å²) < 4.78 is 13.2. The largest absolute Gasteiger partial charge is 0.480 e. The number of aryl methyl sites for hydroxylation is 1. The summed E-state index contributed by atoms with van der Waals surface area (Å²) in [4.78, 5) is 13.6. The van der Waals surface area contributed by atoms with E-state index in [1.807, 2.05) is 0 Å². The molecule has 20 heavy (non-hydrogen) atoms. The molecule has 1 rings (SSSR count). The predicted octanol–water partition coefficient (Wildman–Crippen LogP) is 2.19. The van der Waals surface area contributed by atoms with Crippen LogP contribution in [0, 0.1) is 12.7 Å². The molecule has 1 unspecified atom stereocenters. The smallest absolute Gasteiger partial charge is 0.325 e. The third-order valence-corrected chi connectivity index (χ3v) is 3.43. The molecule has 0 aliphatic heterocycles. The van der Waals surface area contributed by atoms with Gasteiger partial charge in [-0.15, -0.1) is 0 Å². The zero-order chi connectivity index (χ0) is 15.1. The monoisotopic (exact) mass is 282 g/mol. The van der Waals surface area contributed by atoms with Crippen LogP contribution in [-0.2, 0) is 4.79 Å². The number of nitrogens with one attached hydrogen (secondary N) is 1. The number of carboxylic acid groups (broad SMARTS) is 1. The molecule has 5 heteroatoms. The van der Waals surface area contributed by atoms with Gasteiger partial charge in [0.2, 0.25) is 0 Å². The highest BCUT2D eigenvalue weighted by atomic mass is 19.1. The fourth-order valence-electron chi connectivity index (χ4n) is 2.10. The van der Waals surface area contributed by atoms with Crippen LogP contribution < -0.4 is 5.32 Å². The van der Waals surface area contributed by atoms with Crippen molar-refractivity contribution < 1.29 is 14.3 Å². The molecule has 112 valence electrons. The SMILES string of the molecule is CCN(CC)CCNC(C(=O)O)c1ccc(F)c(C)c1. The summed E-state index contributed by atoms with van der Waals surface area (Å²) in [6, 6.07) is 3.61. The van der Waals surface area contributed by atoms with Crippen molar-refractivity contribution in [1.82, 2.24) is 10.2 Å². The van der Waals surface area contributed by atoms with Crippen LogP contribution >= 0.6 is 0 Å². The van der Waals surface area contributed by atoms with Gasteiger partial charge in [-0.3, -0.25) is 10.1 Å². The number of halogens is 1. The lowest BCUT2D eigenvalue weighted by molar-refractivity contribution is -0.139. The number of aliphatic carboxylic acids is 1. The van der Waals surface area contributed by atoms with Crippen molar-refractivity contribution in [3.63, 3.8) is 0 Å². The summed E-state index contributed by atoms with van der Waals surface area (Å²) in [5.74, 6) is -1.27. The lowest BCUT2D eigenvalue weighted by atomic mass is 10.0. The molecule has 0 fully saturated rings. The van der Waals surface area contributed by atoms with E-state index in [2.05, 4.69) is 24.1 Å². The van der Waals surface area contributed by atoms with Crippen molar-refractivity contribution in [2.45, 2.75) is 26.8 Å². The van der Waals surface area contributed by atoms with Gasteiger partial charge < -0.3 is 10.0 Å². The van der Waals surface area contributed by atoms with Crippen molar-refractivity contribution >= 4 is 5.97 Å².